The van der Waals surface area contributed by atoms with Crippen molar-refractivity contribution in [1.82, 2.24) is 0 Å². The van der Waals surface area contributed by atoms with Gasteiger partial charge in [-0.1, -0.05) is 43.5 Å². The van der Waals surface area contributed by atoms with Gasteiger partial charge in [0.25, 0.3) is 0 Å². The third-order valence-corrected chi connectivity index (χ3v) is 5.53. The van der Waals surface area contributed by atoms with Crippen molar-refractivity contribution in [2.24, 2.45) is 5.73 Å². The molecule has 2 saturated carbocycles. The summed E-state index contributed by atoms with van der Waals surface area (Å²) in [5, 5.41) is 0. The van der Waals surface area contributed by atoms with Crippen LogP contribution in [-0.2, 0) is 16.6 Å². The van der Waals surface area contributed by atoms with Crippen LogP contribution in [0.15, 0.2) is 24.3 Å². The van der Waals surface area contributed by atoms with E-state index in [0.717, 1.165) is 13.0 Å². The summed E-state index contributed by atoms with van der Waals surface area (Å²) in [6.45, 7) is 0.786. The van der Waals surface area contributed by atoms with Gasteiger partial charge in [-0.25, -0.2) is 0 Å². The predicted octanol–water partition coefficient (Wildman–Crippen LogP) is 3.57. The first-order valence-corrected chi connectivity index (χ1v) is 8.07. The zero-order chi connectivity index (χ0) is 14.1. The highest BCUT2D eigenvalue weighted by atomic mass is 16.5. The van der Waals surface area contributed by atoms with E-state index in [0.29, 0.717) is 0 Å². The molecular formula is C18H27NO. The molecule has 0 amide bonds. The largest absolute Gasteiger partial charge is 0.378 e. The first-order valence-electron chi connectivity index (χ1n) is 8.07. The molecule has 2 N–H and O–H groups in total. The van der Waals surface area contributed by atoms with Crippen LogP contribution >= 0.6 is 0 Å². The van der Waals surface area contributed by atoms with Crippen LogP contribution < -0.4 is 5.73 Å². The smallest absolute Gasteiger partial charge is 0.0721 e. The van der Waals surface area contributed by atoms with E-state index >= 15 is 0 Å². The molecule has 0 spiro atoms. The molecule has 1 aromatic rings. The minimum Gasteiger partial charge on any atom is -0.378 e. The maximum Gasteiger partial charge on any atom is 0.0721 e. The van der Waals surface area contributed by atoms with E-state index in [2.05, 4.69) is 24.3 Å². The van der Waals surface area contributed by atoms with Gasteiger partial charge in [0.15, 0.2) is 0 Å². The lowest BCUT2D eigenvalue weighted by Crippen LogP contribution is -2.37. The molecule has 110 valence electrons. The van der Waals surface area contributed by atoms with Crippen LogP contribution in [0.25, 0.3) is 0 Å². The second-order valence-corrected chi connectivity index (χ2v) is 6.81. The Bertz CT molecular complexity index is 441. The van der Waals surface area contributed by atoms with Gasteiger partial charge in [-0.2, -0.15) is 0 Å². The van der Waals surface area contributed by atoms with Crippen LogP contribution in [-0.4, -0.2) is 19.3 Å². The van der Waals surface area contributed by atoms with Crippen LogP contribution in [0.3, 0.4) is 0 Å². The predicted molar refractivity (Wildman–Crippen MR) is 82.9 cm³/mol. The van der Waals surface area contributed by atoms with Crippen molar-refractivity contribution in [3.8, 4) is 0 Å². The molecule has 2 nitrogen and oxygen atoms in total. The molecule has 3 rings (SSSR count). The summed E-state index contributed by atoms with van der Waals surface area (Å²) < 4.78 is 5.62. The van der Waals surface area contributed by atoms with Crippen molar-refractivity contribution in [1.29, 1.82) is 0 Å². The van der Waals surface area contributed by atoms with Gasteiger partial charge >= 0.3 is 0 Å². The fourth-order valence-corrected chi connectivity index (χ4v) is 3.78. The van der Waals surface area contributed by atoms with Crippen LogP contribution in [0.1, 0.15) is 56.1 Å². The lowest BCUT2D eigenvalue weighted by atomic mass is 9.69. The number of nitrogens with two attached hydrogens (primary N) is 1. The fourth-order valence-electron chi connectivity index (χ4n) is 3.78. The van der Waals surface area contributed by atoms with Crippen LogP contribution in [0.5, 0.6) is 0 Å². The monoisotopic (exact) mass is 273 g/mol. The van der Waals surface area contributed by atoms with Gasteiger partial charge in [0.2, 0.25) is 0 Å². The Morgan fingerprint density at radius 1 is 1.00 bits per heavy atom. The zero-order valence-electron chi connectivity index (χ0n) is 12.7. The molecule has 0 saturated heterocycles. The summed E-state index contributed by atoms with van der Waals surface area (Å²) in [6, 6.07) is 9.22. The van der Waals surface area contributed by atoms with Crippen molar-refractivity contribution in [3.63, 3.8) is 0 Å². The maximum atomic E-state index is 6.12. The van der Waals surface area contributed by atoms with Crippen molar-refractivity contribution in [2.45, 2.75) is 62.4 Å². The summed E-state index contributed by atoms with van der Waals surface area (Å²) in [5.74, 6) is 0. The molecular weight excluding hydrogens is 246 g/mol. The molecule has 2 heteroatoms. The number of benzene rings is 1. The third-order valence-electron chi connectivity index (χ3n) is 5.53. The molecule has 0 bridgehead atoms. The molecule has 0 aromatic heterocycles. The summed E-state index contributed by atoms with van der Waals surface area (Å²) in [7, 11) is 1.84. The van der Waals surface area contributed by atoms with Gasteiger partial charge in [-0.05, 0) is 36.8 Å². The van der Waals surface area contributed by atoms with E-state index in [1.54, 1.807) is 0 Å². The van der Waals surface area contributed by atoms with Gasteiger partial charge in [0, 0.05) is 25.5 Å². The normalized spacial score (nSPS) is 23.5. The van der Waals surface area contributed by atoms with Crippen molar-refractivity contribution in [3.05, 3.63) is 35.4 Å². The highest BCUT2D eigenvalue weighted by Crippen LogP contribution is 2.42. The van der Waals surface area contributed by atoms with E-state index < -0.39 is 0 Å². The Morgan fingerprint density at radius 3 is 2.15 bits per heavy atom. The van der Waals surface area contributed by atoms with E-state index in [4.69, 9.17) is 10.5 Å². The van der Waals surface area contributed by atoms with Crippen LogP contribution in [0.4, 0.5) is 0 Å². The lowest BCUT2D eigenvalue weighted by molar-refractivity contribution is 0.0807. The quantitative estimate of drug-likeness (QED) is 0.890. The Morgan fingerprint density at radius 2 is 1.65 bits per heavy atom. The Balaban J connectivity index is 1.74. The molecule has 0 heterocycles. The first kappa shape index (κ1) is 14.1. The van der Waals surface area contributed by atoms with Gasteiger partial charge in [0.1, 0.15) is 0 Å². The summed E-state index contributed by atoms with van der Waals surface area (Å²) in [4.78, 5) is 0. The summed E-state index contributed by atoms with van der Waals surface area (Å²) in [5.41, 5.74) is 9.37. The number of rotatable bonds is 5. The van der Waals surface area contributed by atoms with E-state index in [9.17, 15) is 0 Å². The highest BCUT2D eigenvalue weighted by Gasteiger charge is 2.42. The van der Waals surface area contributed by atoms with Gasteiger partial charge in [-0.3, -0.25) is 0 Å². The van der Waals surface area contributed by atoms with Crippen molar-refractivity contribution in [2.75, 3.05) is 13.7 Å². The molecule has 2 aliphatic carbocycles. The second-order valence-electron chi connectivity index (χ2n) is 6.81. The number of hydrogen-bond acceptors (Lipinski definition) is 2. The topological polar surface area (TPSA) is 35.2 Å². The lowest BCUT2D eigenvalue weighted by Gasteiger charge is -2.37. The number of ether oxygens (including phenoxy) is 1. The van der Waals surface area contributed by atoms with Gasteiger partial charge in [0.05, 0.1) is 5.60 Å². The minimum atomic E-state index is 0.151. The number of hydrogen-bond donors (Lipinski definition) is 1. The molecule has 1 aromatic carbocycles. The summed E-state index contributed by atoms with van der Waals surface area (Å²) in [6.07, 6.45) is 10.00. The standard InChI is InChI=1S/C18H27NO/c1-20-18(11-12-18)13-15-5-7-16(8-6-15)17(14-19)9-3-2-4-10-17/h5-8H,2-4,9-14,19H2,1H3. The van der Waals surface area contributed by atoms with Crippen molar-refractivity contribution >= 4 is 0 Å². The van der Waals surface area contributed by atoms with E-state index in [1.807, 2.05) is 7.11 Å². The van der Waals surface area contributed by atoms with Crippen LogP contribution in [0.2, 0.25) is 0 Å². The SMILES string of the molecule is COC1(Cc2ccc(C3(CN)CCCCC3)cc2)CC1. The minimum absolute atomic E-state index is 0.151. The molecule has 0 aliphatic heterocycles. The first-order chi connectivity index (χ1) is 9.72. The zero-order valence-corrected chi connectivity index (χ0v) is 12.7. The molecule has 20 heavy (non-hydrogen) atoms. The molecule has 0 radical (unpaired) electrons. The highest BCUT2D eigenvalue weighted by molar-refractivity contribution is 5.31. The maximum absolute atomic E-state index is 6.12. The Labute approximate surface area is 122 Å². The van der Waals surface area contributed by atoms with E-state index in [-0.39, 0.29) is 11.0 Å². The second kappa shape index (κ2) is 5.50. The third kappa shape index (κ3) is 2.64. The fraction of sp³-hybridized carbons (Fsp3) is 0.667. The molecule has 0 atom stereocenters. The van der Waals surface area contributed by atoms with Gasteiger partial charge < -0.3 is 10.5 Å². The molecule has 2 fully saturated rings. The number of methoxy groups -OCH3 is 1. The van der Waals surface area contributed by atoms with Gasteiger partial charge in [-0.15, -0.1) is 0 Å². The van der Waals surface area contributed by atoms with Crippen molar-refractivity contribution < 1.29 is 4.74 Å². The molecule has 0 unspecified atom stereocenters. The summed E-state index contributed by atoms with van der Waals surface area (Å²) >= 11 is 0. The van der Waals surface area contributed by atoms with E-state index in [1.165, 1.54) is 56.1 Å². The van der Waals surface area contributed by atoms with Crippen LogP contribution in [0, 0.1) is 0 Å². The average molecular weight is 273 g/mol. The Hall–Kier alpha value is -0.860. The Kier molecular flexibility index (Phi) is 3.87. The average Bonchev–Trinajstić information content (AvgIpc) is 3.29. The molecule has 2 aliphatic rings.